The Bertz CT molecular complexity index is 354. The topological polar surface area (TPSA) is 65.9 Å². The van der Waals surface area contributed by atoms with Crippen LogP contribution in [0.2, 0.25) is 0 Å². The lowest BCUT2D eigenvalue weighted by Gasteiger charge is -2.17. The van der Waals surface area contributed by atoms with Crippen LogP contribution < -0.4 is 10.6 Å². The van der Waals surface area contributed by atoms with E-state index >= 15 is 0 Å². The summed E-state index contributed by atoms with van der Waals surface area (Å²) in [5.41, 5.74) is 7.18. The molecule has 0 atom stereocenters. The molecular weight excluding hydrogens is 176 g/mol. The third-order valence-corrected chi connectivity index (χ3v) is 2.06. The van der Waals surface area contributed by atoms with Gasteiger partial charge < -0.3 is 10.6 Å². The molecule has 0 aliphatic carbocycles. The molecule has 0 aliphatic rings. The van der Waals surface area contributed by atoms with Crippen LogP contribution in [0.15, 0.2) is 12.1 Å². The Hall–Kier alpha value is -1.76. The zero-order valence-corrected chi connectivity index (χ0v) is 8.49. The third-order valence-electron chi connectivity index (χ3n) is 2.06. The van der Waals surface area contributed by atoms with Crippen molar-refractivity contribution in [2.75, 3.05) is 24.2 Å². The van der Waals surface area contributed by atoms with E-state index in [4.69, 9.17) is 11.0 Å². The Labute approximate surface area is 84.0 Å². The predicted octanol–water partition coefficient (Wildman–Crippen LogP) is 1.32. The molecular formula is C10H14N4. The maximum absolute atomic E-state index is 8.44. The van der Waals surface area contributed by atoms with Crippen molar-refractivity contribution in [2.45, 2.75) is 13.3 Å². The summed E-state index contributed by atoms with van der Waals surface area (Å²) in [7, 11) is 1.91. The maximum Gasteiger partial charge on any atom is 0.128 e. The molecule has 4 nitrogen and oxygen atoms in total. The molecule has 1 heterocycles. The third kappa shape index (κ3) is 2.36. The van der Waals surface area contributed by atoms with Gasteiger partial charge in [-0.3, -0.25) is 0 Å². The highest BCUT2D eigenvalue weighted by Gasteiger charge is 2.03. The Balaban J connectivity index is 2.76. The van der Waals surface area contributed by atoms with Crippen molar-refractivity contribution in [3.05, 3.63) is 17.8 Å². The number of nitriles is 1. The number of rotatable bonds is 3. The molecule has 2 N–H and O–H groups in total. The van der Waals surface area contributed by atoms with Crippen LogP contribution in [0, 0.1) is 18.3 Å². The molecule has 0 saturated heterocycles. The number of hydrogen-bond donors (Lipinski definition) is 1. The minimum atomic E-state index is 0.502. The standard InChI is InChI=1S/C10H14N4/c1-8-9(12)4-5-10(13-8)14(2)7-3-6-11/h4-5H,3,7,12H2,1-2H3. The van der Waals surface area contributed by atoms with Gasteiger partial charge in [-0.1, -0.05) is 0 Å². The van der Waals surface area contributed by atoms with E-state index in [1.54, 1.807) is 0 Å². The number of hydrogen-bond acceptors (Lipinski definition) is 4. The number of aryl methyl sites for hydroxylation is 1. The van der Waals surface area contributed by atoms with Gasteiger partial charge in [-0.05, 0) is 19.1 Å². The molecule has 0 unspecified atom stereocenters. The minimum Gasteiger partial charge on any atom is -0.397 e. The lowest BCUT2D eigenvalue weighted by atomic mass is 10.3. The number of pyridine rings is 1. The molecule has 0 bridgehead atoms. The van der Waals surface area contributed by atoms with Crippen LogP contribution in [0.25, 0.3) is 0 Å². The first-order chi connectivity index (χ1) is 6.65. The maximum atomic E-state index is 8.44. The van der Waals surface area contributed by atoms with Crippen LogP contribution in [-0.2, 0) is 0 Å². The summed E-state index contributed by atoms with van der Waals surface area (Å²) in [6, 6.07) is 5.79. The number of nitrogens with zero attached hydrogens (tertiary/aromatic N) is 3. The first-order valence-electron chi connectivity index (χ1n) is 4.46. The minimum absolute atomic E-state index is 0.502. The van der Waals surface area contributed by atoms with Crippen LogP contribution >= 0.6 is 0 Å². The zero-order chi connectivity index (χ0) is 10.6. The predicted molar refractivity (Wildman–Crippen MR) is 56.9 cm³/mol. The van der Waals surface area contributed by atoms with Gasteiger partial charge in [0.1, 0.15) is 5.82 Å². The van der Waals surface area contributed by atoms with E-state index in [-0.39, 0.29) is 0 Å². The smallest absolute Gasteiger partial charge is 0.128 e. The lowest BCUT2D eigenvalue weighted by molar-refractivity contribution is 0.881. The summed E-state index contributed by atoms with van der Waals surface area (Å²) in [6.45, 7) is 2.56. The van der Waals surface area contributed by atoms with Gasteiger partial charge in [0.25, 0.3) is 0 Å². The number of aromatic nitrogens is 1. The van der Waals surface area contributed by atoms with Gasteiger partial charge in [0.15, 0.2) is 0 Å². The second-order valence-corrected chi connectivity index (χ2v) is 3.17. The Morgan fingerprint density at radius 2 is 2.29 bits per heavy atom. The van der Waals surface area contributed by atoms with Gasteiger partial charge in [0.2, 0.25) is 0 Å². The van der Waals surface area contributed by atoms with Crippen molar-refractivity contribution in [1.29, 1.82) is 5.26 Å². The van der Waals surface area contributed by atoms with Crippen molar-refractivity contribution >= 4 is 11.5 Å². The SMILES string of the molecule is Cc1nc(N(C)CCC#N)ccc1N. The van der Waals surface area contributed by atoms with E-state index < -0.39 is 0 Å². The zero-order valence-electron chi connectivity index (χ0n) is 8.49. The summed E-state index contributed by atoms with van der Waals surface area (Å²) in [4.78, 5) is 6.26. The number of nitrogen functional groups attached to an aromatic ring is 1. The molecule has 14 heavy (non-hydrogen) atoms. The lowest BCUT2D eigenvalue weighted by Crippen LogP contribution is -2.19. The quantitative estimate of drug-likeness (QED) is 0.780. The molecule has 0 spiro atoms. The summed E-state index contributed by atoms with van der Waals surface area (Å²) >= 11 is 0. The van der Waals surface area contributed by atoms with Gasteiger partial charge in [-0.15, -0.1) is 0 Å². The van der Waals surface area contributed by atoms with Gasteiger partial charge >= 0.3 is 0 Å². The Morgan fingerprint density at radius 1 is 1.57 bits per heavy atom. The van der Waals surface area contributed by atoms with E-state index in [2.05, 4.69) is 11.1 Å². The molecule has 0 aliphatic heterocycles. The van der Waals surface area contributed by atoms with Crippen molar-refractivity contribution in [1.82, 2.24) is 4.98 Å². The molecule has 74 valence electrons. The summed E-state index contributed by atoms with van der Waals surface area (Å²) in [5, 5.41) is 8.44. The van der Waals surface area contributed by atoms with Gasteiger partial charge in [0, 0.05) is 13.6 Å². The van der Waals surface area contributed by atoms with Crippen molar-refractivity contribution in [3.8, 4) is 6.07 Å². The Morgan fingerprint density at radius 3 is 2.86 bits per heavy atom. The van der Waals surface area contributed by atoms with Crippen molar-refractivity contribution < 1.29 is 0 Å². The number of anilines is 2. The van der Waals surface area contributed by atoms with E-state index in [0.29, 0.717) is 18.7 Å². The molecule has 0 amide bonds. The highest BCUT2D eigenvalue weighted by Crippen LogP contribution is 2.14. The van der Waals surface area contributed by atoms with E-state index in [1.807, 2.05) is 31.0 Å². The van der Waals surface area contributed by atoms with Gasteiger partial charge in [-0.2, -0.15) is 5.26 Å². The van der Waals surface area contributed by atoms with Crippen molar-refractivity contribution in [3.63, 3.8) is 0 Å². The summed E-state index contributed by atoms with van der Waals surface area (Å²) < 4.78 is 0. The molecule has 0 fully saturated rings. The van der Waals surface area contributed by atoms with Gasteiger partial charge in [0.05, 0.1) is 23.9 Å². The number of nitrogens with two attached hydrogens (primary N) is 1. The Kier molecular flexibility index (Phi) is 3.29. The fourth-order valence-corrected chi connectivity index (χ4v) is 1.10. The molecule has 0 radical (unpaired) electrons. The highest BCUT2D eigenvalue weighted by molar-refractivity contribution is 5.50. The molecule has 1 aromatic rings. The molecule has 0 saturated carbocycles. The monoisotopic (exact) mass is 190 g/mol. The highest BCUT2D eigenvalue weighted by atomic mass is 15.2. The average molecular weight is 190 g/mol. The van der Waals surface area contributed by atoms with Crippen LogP contribution in [0.4, 0.5) is 11.5 Å². The van der Waals surface area contributed by atoms with E-state index in [0.717, 1.165) is 11.5 Å². The first-order valence-corrected chi connectivity index (χ1v) is 4.46. The van der Waals surface area contributed by atoms with Crippen LogP contribution in [0.5, 0.6) is 0 Å². The van der Waals surface area contributed by atoms with E-state index in [1.165, 1.54) is 0 Å². The molecule has 4 heteroatoms. The fourth-order valence-electron chi connectivity index (χ4n) is 1.10. The van der Waals surface area contributed by atoms with Crippen molar-refractivity contribution in [2.24, 2.45) is 0 Å². The summed E-state index contributed by atoms with van der Waals surface area (Å²) in [6.07, 6.45) is 0.502. The van der Waals surface area contributed by atoms with Crippen LogP contribution in [-0.4, -0.2) is 18.6 Å². The average Bonchev–Trinajstić information content (AvgIpc) is 2.18. The normalized spacial score (nSPS) is 9.50. The molecule has 1 aromatic heterocycles. The fraction of sp³-hybridized carbons (Fsp3) is 0.400. The van der Waals surface area contributed by atoms with Gasteiger partial charge in [-0.25, -0.2) is 4.98 Å². The molecule has 0 aromatic carbocycles. The van der Waals surface area contributed by atoms with Crippen LogP contribution in [0.3, 0.4) is 0 Å². The first kappa shape index (κ1) is 10.3. The largest absolute Gasteiger partial charge is 0.397 e. The summed E-state index contributed by atoms with van der Waals surface area (Å²) in [5.74, 6) is 0.854. The second-order valence-electron chi connectivity index (χ2n) is 3.17. The van der Waals surface area contributed by atoms with E-state index in [9.17, 15) is 0 Å². The van der Waals surface area contributed by atoms with Crippen LogP contribution in [0.1, 0.15) is 12.1 Å². The molecule has 1 rings (SSSR count). The second kappa shape index (κ2) is 4.47.